The minimum absolute atomic E-state index is 0.0727. The zero-order valence-corrected chi connectivity index (χ0v) is 10.1. The van der Waals surface area contributed by atoms with Crippen molar-refractivity contribution in [2.45, 2.75) is 13.1 Å². The third-order valence-corrected chi connectivity index (χ3v) is 2.66. The summed E-state index contributed by atoms with van der Waals surface area (Å²) in [4.78, 5) is 14.2. The van der Waals surface area contributed by atoms with E-state index in [9.17, 15) is 14.5 Å². The van der Waals surface area contributed by atoms with Crippen LogP contribution in [0.1, 0.15) is 5.56 Å². The van der Waals surface area contributed by atoms with Gasteiger partial charge in [-0.2, -0.15) is 0 Å². The molecule has 0 bridgehead atoms. The fraction of sp³-hybridized carbons (Fsp3) is 0.250. The molecule has 1 N–H and O–H groups in total. The molecule has 2 rings (SSSR count). The van der Waals surface area contributed by atoms with Crippen molar-refractivity contribution in [3.8, 4) is 0 Å². The first-order chi connectivity index (χ1) is 9.16. The first-order valence-electron chi connectivity index (χ1n) is 5.76. The number of rotatable bonds is 6. The fourth-order valence-corrected chi connectivity index (χ4v) is 1.72. The smallest absolute Gasteiger partial charge is 0.274 e. The van der Waals surface area contributed by atoms with Gasteiger partial charge in [-0.3, -0.25) is 10.1 Å². The summed E-state index contributed by atoms with van der Waals surface area (Å²) < 4.78 is 15.0. The molecule has 19 heavy (non-hydrogen) atoms. The van der Waals surface area contributed by atoms with Crippen LogP contribution in [-0.4, -0.2) is 21.0 Å². The quantitative estimate of drug-likeness (QED) is 0.490. The Kier molecular flexibility index (Phi) is 4.19. The Bertz CT molecular complexity index is 557. The highest BCUT2D eigenvalue weighted by Gasteiger charge is 2.13. The van der Waals surface area contributed by atoms with Gasteiger partial charge in [-0.1, -0.05) is 0 Å². The molecule has 0 spiro atoms. The lowest BCUT2D eigenvalue weighted by molar-refractivity contribution is -0.385. The average Bonchev–Trinajstić information content (AvgIpc) is 2.87. The van der Waals surface area contributed by atoms with Gasteiger partial charge in [0.25, 0.3) is 5.69 Å². The van der Waals surface area contributed by atoms with Crippen molar-refractivity contribution in [1.29, 1.82) is 0 Å². The Morgan fingerprint density at radius 1 is 1.47 bits per heavy atom. The summed E-state index contributed by atoms with van der Waals surface area (Å²) in [6.07, 6.45) is 5.19. The molecule has 0 fully saturated rings. The van der Waals surface area contributed by atoms with Crippen LogP contribution >= 0.6 is 0 Å². The number of nitrogens with zero attached hydrogens (tertiary/aromatic N) is 3. The first-order valence-corrected chi connectivity index (χ1v) is 5.76. The third-order valence-electron chi connectivity index (χ3n) is 2.66. The zero-order chi connectivity index (χ0) is 13.7. The summed E-state index contributed by atoms with van der Waals surface area (Å²) in [5, 5.41) is 13.8. The Labute approximate surface area is 109 Å². The van der Waals surface area contributed by atoms with Crippen molar-refractivity contribution < 1.29 is 9.31 Å². The molecule has 0 radical (unpaired) electrons. The second-order valence-electron chi connectivity index (χ2n) is 4.01. The second kappa shape index (κ2) is 6.05. The van der Waals surface area contributed by atoms with E-state index in [0.29, 0.717) is 18.7 Å². The number of hydrogen-bond acceptors (Lipinski definition) is 4. The van der Waals surface area contributed by atoms with E-state index in [1.807, 2.05) is 10.8 Å². The van der Waals surface area contributed by atoms with Crippen LogP contribution in [0.15, 0.2) is 36.9 Å². The lowest BCUT2D eigenvalue weighted by Crippen LogP contribution is -2.19. The maximum Gasteiger partial charge on any atom is 0.274 e. The summed E-state index contributed by atoms with van der Waals surface area (Å²) >= 11 is 0. The number of nitro benzene ring substituents is 1. The summed E-state index contributed by atoms with van der Waals surface area (Å²) in [6.45, 7) is 1.57. The average molecular weight is 264 g/mol. The maximum absolute atomic E-state index is 13.1. The topological polar surface area (TPSA) is 73.0 Å². The van der Waals surface area contributed by atoms with Crippen molar-refractivity contribution in [2.75, 3.05) is 6.54 Å². The molecule has 6 nitrogen and oxygen atoms in total. The van der Waals surface area contributed by atoms with Gasteiger partial charge in [0.1, 0.15) is 5.82 Å². The highest BCUT2D eigenvalue weighted by Crippen LogP contribution is 2.19. The van der Waals surface area contributed by atoms with Gasteiger partial charge in [0.2, 0.25) is 0 Å². The van der Waals surface area contributed by atoms with Crippen molar-refractivity contribution in [1.82, 2.24) is 14.9 Å². The molecule has 0 aliphatic rings. The second-order valence-corrected chi connectivity index (χ2v) is 4.01. The maximum atomic E-state index is 13.1. The molecule has 0 unspecified atom stereocenters. The van der Waals surface area contributed by atoms with Crippen LogP contribution in [0, 0.1) is 15.9 Å². The number of nitrogens with one attached hydrogen (secondary N) is 1. The number of halogens is 1. The summed E-state index contributed by atoms with van der Waals surface area (Å²) in [5.41, 5.74) is 0.271. The van der Waals surface area contributed by atoms with Crippen molar-refractivity contribution in [3.63, 3.8) is 0 Å². The van der Waals surface area contributed by atoms with Gasteiger partial charge >= 0.3 is 0 Å². The minimum atomic E-state index is -0.508. The van der Waals surface area contributed by atoms with Gasteiger partial charge < -0.3 is 9.88 Å². The fourth-order valence-electron chi connectivity index (χ4n) is 1.72. The van der Waals surface area contributed by atoms with E-state index in [4.69, 9.17) is 0 Å². The molecule has 1 heterocycles. The molecule has 0 amide bonds. The van der Waals surface area contributed by atoms with Gasteiger partial charge in [0.15, 0.2) is 0 Å². The summed E-state index contributed by atoms with van der Waals surface area (Å²) in [5.74, 6) is -0.475. The molecule has 0 aliphatic heterocycles. The molecular weight excluding hydrogens is 251 g/mol. The predicted molar refractivity (Wildman–Crippen MR) is 67.0 cm³/mol. The molecule has 0 saturated carbocycles. The number of nitro groups is 1. The number of imidazole rings is 1. The van der Waals surface area contributed by atoms with E-state index in [2.05, 4.69) is 10.3 Å². The molecule has 1 aromatic carbocycles. The van der Waals surface area contributed by atoms with Gasteiger partial charge in [0, 0.05) is 43.7 Å². The largest absolute Gasteiger partial charge is 0.336 e. The summed E-state index contributed by atoms with van der Waals surface area (Å²) in [6, 6.07) is 3.46. The Morgan fingerprint density at radius 2 is 2.32 bits per heavy atom. The highest BCUT2D eigenvalue weighted by molar-refractivity contribution is 5.40. The lowest BCUT2D eigenvalue weighted by Gasteiger charge is -2.06. The molecule has 0 aliphatic carbocycles. The van der Waals surface area contributed by atoms with Gasteiger partial charge in [-0.15, -0.1) is 0 Å². The van der Waals surface area contributed by atoms with Crippen LogP contribution < -0.4 is 5.32 Å². The van der Waals surface area contributed by atoms with Crippen molar-refractivity contribution in [3.05, 3.63) is 58.4 Å². The van der Waals surface area contributed by atoms with Crippen LogP contribution in [0.2, 0.25) is 0 Å². The zero-order valence-electron chi connectivity index (χ0n) is 10.1. The molecule has 7 heteroatoms. The predicted octanol–water partition coefficient (Wildman–Crippen LogP) is 1.72. The van der Waals surface area contributed by atoms with Crippen LogP contribution in [0.5, 0.6) is 0 Å². The van der Waals surface area contributed by atoms with Crippen LogP contribution in [0.3, 0.4) is 0 Å². The molecule has 100 valence electrons. The first kappa shape index (κ1) is 13.2. The van der Waals surface area contributed by atoms with E-state index >= 15 is 0 Å². The minimum Gasteiger partial charge on any atom is -0.336 e. The van der Waals surface area contributed by atoms with Crippen LogP contribution in [0.4, 0.5) is 10.1 Å². The van der Waals surface area contributed by atoms with Crippen molar-refractivity contribution in [2.24, 2.45) is 0 Å². The van der Waals surface area contributed by atoms with E-state index in [1.165, 1.54) is 12.1 Å². The Hall–Kier alpha value is -2.28. The van der Waals surface area contributed by atoms with Gasteiger partial charge in [-0.05, 0) is 12.1 Å². The van der Waals surface area contributed by atoms with Gasteiger partial charge in [-0.25, -0.2) is 9.37 Å². The molecule has 1 aromatic heterocycles. The third kappa shape index (κ3) is 3.59. The standard InChI is InChI=1S/C12H13FN4O2/c13-11-1-2-12(17(18)19)10(7-11)8-14-3-5-16-6-4-15-9-16/h1-2,4,6-7,9,14H,3,5,8H2. The molecular formula is C12H13FN4O2. The number of hydrogen-bond donors (Lipinski definition) is 1. The van der Waals surface area contributed by atoms with E-state index in [1.54, 1.807) is 12.5 Å². The van der Waals surface area contributed by atoms with Crippen LogP contribution in [-0.2, 0) is 13.1 Å². The highest BCUT2D eigenvalue weighted by atomic mass is 19.1. The Balaban J connectivity index is 1.91. The van der Waals surface area contributed by atoms with Gasteiger partial charge in [0.05, 0.1) is 11.3 Å². The molecule has 2 aromatic rings. The van der Waals surface area contributed by atoms with Crippen LogP contribution in [0.25, 0.3) is 0 Å². The van der Waals surface area contributed by atoms with E-state index < -0.39 is 10.7 Å². The SMILES string of the molecule is O=[N+]([O-])c1ccc(F)cc1CNCCn1ccnc1. The van der Waals surface area contributed by atoms with Crippen molar-refractivity contribution >= 4 is 5.69 Å². The Morgan fingerprint density at radius 3 is 3.00 bits per heavy atom. The number of benzene rings is 1. The molecule has 0 atom stereocenters. The monoisotopic (exact) mass is 264 g/mol. The van der Waals surface area contributed by atoms with E-state index in [0.717, 1.165) is 6.07 Å². The lowest BCUT2D eigenvalue weighted by atomic mass is 10.1. The normalized spacial score (nSPS) is 10.6. The number of aromatic nitrogens is 2. The molecule has 0 saturated heterocycles. The summed E-state index contributed by atoms with van der Waals surface area (Å²) in [7, 11) is 0. The van der Waals surface area contributed by atoms with E-state index in [-0.39, 0.29) is 12.2 Å².